The minimum atomic E-state index is 0.709. The maximum absolute atomic E-state index is 5.52. The minimum Gasteiger partial charge on any atom is -0.247 e. The van der Waals surface area contributed by atoms with E-state index in [-0.39, 0.29) is 0 Å². The van der Waals surface area contributed by atoms with E-state index in [0.717, 1.165) is 61.4 Å². The Morgan fingerprint density at radius 1 is 0.339 bits per heavy atom. The Labute approximate surface area is 346 Å². The lowest BCUT2D eigenvalue weighted by molar-refractivity contribution is 1.18. The molecule has 8 aromatic carbocycles. The first-order valence-electron chi connectivity index (χ1n) is 19.8. The Kier molecular flexibility index (Phi) is 8.68. The van der Waals surface area contributed by atoms with Crippen LogP contribution >= 0.6 is 11.3 Å². The Hall–Kier alpha value is -7.53. The Bertz CT molecular complexity index is 3230. The number of rotatable bonds is 7. The Balaban J connectivity index is 1.08. The van der Waals surface area contributed by atoms with Crippen LogP contribution in [0.15, 0.2) is 212 Å². The van der Waals surface area contributed by atoms with E-state index < -0.39 is 0 Å². The van der Waals surface area contributed by atoms with Crippen LogP contribution in [0.25, 0.3) is 110 Å². The van der Waals surface area contributed by atoms with Crippen LogP contribution in [0, 0.1) is 0 Å². The summed E-state index contributed by atoms with van der Waals surface area (Å²) in [6, 6.07) is 75.0. The molecule has 0 aliphatic heterocycles. The van der Waals surface area contributed by atoms with Crippen molar-refractivity contribution in [2.24, 2.45) is 0 Å². The summed E-state index contributed by atoms with van der Waals surface area (Å²) in [4.78, 5) is 16.8. The van der Waals surface area contributed by atoms with Crippen molar-refractivity contribution in [3.63, 3.8) is 0 Å². The number of hydrogen-bond donors (Lipinski definition) is 0. The van der Waals surface area contributed by atoms with Gasteiger partial charge < -0.3 is 0 Å². The fourth-order valence-corrected chi connectivity index (χ4v) is 9.49. The van der Waals surface area contributed by atoms with Gasteiger partial charge in [-0.15, -0.1) is 11.3 Å². The normalized spacial score (nSPS) is 11.4. The van der Waals surface area contributed by atoms with Crippen LogP contribution in [0.2, 0.25) is 0 Å². The third-order valence-electron chi connectivity index (χ3n) is 11.1. The number of fused-ring (bicyclic) bond motifs is 4. The van der Waals surface area contributed by atoms with Crippen molar-refractivity contribution in [1.82, 2.24) is 15.0 Å². The quantitative estimate of drug-likeness (QED) is 0.162. The van der Waals surface area contributed by atoms with Gasteiger partial charge in [0.25, 0.3) is 0 Å². The fraction of sp³-hybridized carbons (Fsp3) is 0. The van der Waals surface area contributed by atoms with Crippen LogP contribution in [0.3, 0.4) is 0 Å². The molecule has 276 valence electrons. The molecule has 0 unspecified atom stereocenters. The lowest BCUT2D eigenvalue weighted by Gasteiger charge is -2.13. The van der Waals surface area contributed by atoms with Gasteiger partial charge in [0.1, 0.15) is 0 Å². The molecule has 0 fully saturated rings. The smallest absolute Gasteiger partial charge is 0.160 e. The molecule has 0 radical (unpaired) electrons. The van der Waals surface area contributed by atoms with E-state index in [1.807, 2.05) is 47.7 Å². The summed E-state index contributed by atoms with van der Waals surface area (Å²) in [6.07, 6.45) is 0. The molecule has 4 heteroatoms. The van der Waals surface area contributed by atoms with Gasteiger partial charge in [-0.25, -0.2) is 15.0 Å². The van der Waals surface area contributed by atoms with Crippen LogP contribution in [0.5, 0.6) is 0 Å². The zero-order chi connectivity index (χ0) is 39.1. The first kappa shape index (κ1) is 34.7. The Morgan fingerprint density at radius 3 is 1.54 bits per heavy atom. The zero-order valence-corrected chi connectivity index (χ0v) is 32.8. The van der Waals surface area contributed by atoms with Crippen molar-refractivity contribution in [1.29, 1.82) is 0 Å². The molecule has 0 spiro atoms. The molecule has 0 bridgehead atoms. The van der Waals surface area contributed by atoms with Crippen molar-refractivity contribution in [3.05, 3.63) is 212 Å². The van der Waals surface area contributed by atoms with Crippen LogP contribution in [-0.4, -0.2) is 15.0 Å². The van der Waals surface area contributed by atoms with E-state index in [0.29, 0.717) is 5.82 Å². The molecule has 3 heterocycles. The van der Waals surface area contributed by atoms with Gasteiger partial charge in [0, 0.05) is 48.2 Å². The van der Waals surface area contributed by atoms with E-state index >= 15 is 0 Å². The second-order valence-electron chi connectivity index (χ2n) is 14.8. The first-order chi connectivity index (χ1) is 29.2. The summed E-state index contributed by atoms with van der Waals surface area (Å²) in [6.45, 7) is 0. The number of benzene rings is 8. The highest BCUT2D eigenvalue weighted by Gasteiger charge is 2.23. The highest BCUT2D eigenvalue weighted by atomic mass is 32.1. The summed E-state index contributed by atoms with van der Waals surface area (Å²) < 4.78 is 1.23. The lowest BCUT2D eigenvalue weighted by Crippen LogP contribution is -1.95. The molecule has 0 N–H and O–H groups in total. The average molecular weight is 770 g/mol. The molecule has 11 rings (SSSR count). The average Bonchev–Trinajstić information content (AvgIpc) is 3.73. The monoisotopic (exact) mass is 769 g/mol. The van der Waals surface area contributed by atoms with Crippen LogP contribution in [-0.2, 0) is 0 Å². The van der Waals surface area contributed by atoms with Crippen molar-refractivity contribution < 1.29 is 0 Å². The number of hydrogen-bond acceptors (Lipinski definition) is 4. The minimum absolute atomic E-state index is 0.709. The molecule has 0 aliphatic carbocycles. The topological polar surface area (TPSA) is 38.7 Å². The molecule has 0 aliphatic rings. The highest BCUT2D eigenvalue weighted by Crippen LogP contribution is 2.50. The van der Waals surface area contributed by atoms with Gasteiger partial charge in [-0.05, 0) is 57.3 Å². The van der Waals surface area contributed by atoms with Crippen LogP contribution in [0.4, 0.5) is 0 Å². The highest BCUT2D eigenvalue weighted by molar-refractivity contribution is 7.24. The molecule has 59 heavy (non-hydrogen) atoms. The number of pyridine rings is 1. The molecular weight excluding hydrogens is 735 g/mol. The zero-order valence-electron chi connectivity index (χ0n) is 32.0. The van der Waals surface area contributed by atoms with Crippen molar-refractivity contribution in [2.75, 3.05) is 0 Å². The third-order valence-corrected chi connectivity index (χ3v) is 12.4. The van der Waals surface area contributed by atoms with Gasteiger partial charge in [0.05, 0.1) is 22.6 Å². The molecule has 0 atom stereocenters. The molecular formula is C55H35N3S. The maximum Gasteiger partial charge on any atom is 0.160 e. The van der Waals surface area contributed by atoms with Crippen molar-refractivity contribution in [2.45, 2.75) is 0 Å². The van der Waals surface area contributed by atoms with E-state index in [1.165, 1.54) is 42.4 Å². The summed E-state index contributed by atoms with van der Waals surface area (Å²) in [5, 5.41) is 4.75. The summed E-state index contributed by atoms with van der Waals surface area (Å²) in [5.74, 6) is 0.709. The van der Waals surface area contributed by atoms with Gasteiger partial charge >= 0.3 is 0 Å². The lowest BCUT2D eigenvalue weighted by atomic mass is 9.93. The van der Waals surface area contributed by atoms with Crippen LogP contribution in [0.1, 0.15) is 0 Å². The van der Waals surface area contributed by atoms with Crippen molar-refractivity contribution >= 4 is 43.1 Å². The van der Waals surface area contributed by atoms with E-state index in [1.54, 1.807) is 0 Å². The fourth-order valence-electron chi connectivity index (χ4n) is 8.14. The van der Waals surface area contributed by atoms with Gasteiger partial charge in [0.15, 0.2) is 5.82 Å². The van der Waals surface area contributed by atoms with Gasteiger partial charge in [-0.3, -0.25) is 0 Å². The number of thiophene rings is 1. The standard InChI is InChI=1S/C55H35N3S/c1-5-16-38(17-6-1)48-35-49(58-55(57-48)42-22-11-4-12-23-42)39-28-25-37(26-29-39)44-31-32-47-46(34-44)54-51(52(56-47)45-30-27-36-15-13-14-24-43(36)33-45)50(40-18-7-2-8-19-40)53(59-54)41-20-9-3-10-21-41/h1-35H. The largest absolute Gasteiger partial charge is 0.247 e. The van der Waals surface area contributed by atoms with Crippen LogP contribution < -0.4 is 0 Å². The van der Waals surface area contributed by atoms with Gasteiger partial charge in [0.2, 0.25) is 0 Å². The molecule has 3 aromatic heterocycles. The molecule has 0 saturated heterocycles. The number of nitrogens with zero attached hydrogens (tertiary/aromatic N) is 3. The van der Waals surface area contributed by atoms with E-state index in [2.05, 4.69) is 176 Å². The summed E-state index contributed by atoms with van der Waals surface area (Å²) >= 11 is 1.86. The first-order valence-corrected chi connectivity index (χ1v) is 20.7. The predicted molar refractivity (Wildman–Crippen MR) is 248 cm³/mol. The van der Waals surface area contributed by atoms with Crippen molar-refractivity contribution in [3.8, 4) is 77.9 Å². The third kappa shape index (κ3) is 6.46. The maximum atomic E-state index is 5.52. The molecule has 0 saturated carbocycles. The molecule has 3 nitrogen and oxygen atoms in total. The predicted octanol–water partition coefficient (Wildman–Crippen LogP) is 15.1. The summed E-state index contributed by atoms with van der Waals surface area (Å²) in [7, 11) is 0. The van der Waals surface area contributed by atoms with Gasteiger partial charge in [-0.2, -0.15) is 0 Å². The van der Waals surface area contributed by atoms with Gasteiger partial charge in [-0.1, -0.05) is 188 Å². The Morgan fingerprint density at radius 2 is 0.864 bits per heavy atom. The summed E-state index contributed by atoms with van der Waals surface area (Å²) in [5.41, 5.74) is 13.8. The molecule has 11 aromatic rings. The number of aromatic nitrogens is 3. The molecule has 0 amide bonds. The van der Waals surface area contributed by atoms with E-state index in [9.17, 15) is 0 Å². The SMILES string of the molecule is c1ccc(-c2cc(-c3ccc(-c4ccc5nc(-c6ccc7ccccc7c6)c6c(-c7ccccc7)c(-c7ccccc7)sc6c5c4)cc3)nc(-c3ccccc3)n2)cc1. The second kappa shape index (κ2) is 14.8. The van der Waals surface area contributed by atoms with E-state index in [4.69, 9.17) is 15.0 Å². The second-order valence-corrected chi connectivity index (χ2v) is 15.8.